The van der Waals surface area contributed by atoms with E-state index in [1.165, 1.54) is 6.42 Å². The number of hydrogen-bond donors (Lipinski definition) is 1. The molecule has 2 aliphatic rings. The first-order chi connectivity index (χ1) is 13.3. The topological polar surface area (TPSA) is 57.7 Å². The van der Waals surface area contributed by atoms with Crippen molar-refractivity contribution in [2.75, 3.05) is 44.7 Å². The molecule has 2 aromatic rings. The smallest absolute Gasteiger partial charge is 0.322 e. The van der Waals surface area contributed by atoms with E-state index in [4.69, 9.17) is 4.74 Å². The van der Waals surface area contributed by atoms with Crippen LogP contribution in [0.4, 0.5) is 10.5 Å². The first-order valence-corrected chi connectivity index (χ1v) is 10.6. The molecule has 2 amide bonds. The van der Waals surface area contributed by atoms with Gasteiger partial charge in [-0.15, -0.1) is 11.3 Å². The molecule has 0 spiro atoms. The van der Waals surface area contributed by atoms with Crippen LogP contribution in [-0.4, -0.2) is 66.2 Å². The molecular formula is C20H26N4O2S. The zero-order valence-electron chi connectivity index (χ0n) is 15.5. The Labute approximate surface area is 164 Å². The SMILES string of the molecule is O=C(Nc1ccc(-c2cscn2)cc1)N1CCCC[C@@H]1CN1CCOCC1. The van der Waals surface area contributed by atoms with Crippen LogP contribution in [0.5, 0.6) is 0 Å². The summed E-state index contributed by atoms with van der Waals surface area (Å²) in [7, 11) is 0. The average molecular weight is 387 g/mol. The molecule has 3 heterocycles. The number of thiazole rings is 1. The first kappa shape index (κ1) is 18.4. The van der Waals surface area contributed by atoms with Crippen molar-refractivity contribution in [2.24, 2.45) is 0 Å². The lowest BCUT2D eigenvalue weighted by molar-refractivity contribution is 0.0229. The molecule has 1 atom stereocenters. The zero-order chi connectivity index (χ0) is 18.5. The van der Waals surface area contributed by atoms with Gasteiger partial charge in [0.15, 0.2) is 0 Å². The molecule has 144 valence electrons. The monoisotopic (exact) mass is 386 g/mol. The van der Waals surface area contributed by atoms with Gasteiger partial charge in [0.1, 0.15) is 0 Å². The van der Waals surface area contributed by atoms with E-state index in [1.807, 2.05) is 40.1 Å². The summed E-state index contributed by atoms with van der Waals surface area (Å²) in [6.07, 6.45) is 3.35. The average Bonchev–Trinajstić information content (AvgIpc) is 3.25. The Morgan fingerprint density at radius 2 is 2.00 bits per heavy atom. The minimum Gasteiger partial charge on any atom is -0.379 e. The van der Waals surface area contributed by atoms with Crippen LogP contribution in [-0.2, 0) is 4.74 Å². The number of nitrogens with one attached hydrogen (secondary N) is 1. The highest BCUT2D eigenvalue weighted by Gasteiger charge is 2.28. The Morgan fingerprint density at radius 3 is 2.74 bits per heavy atom. The number of piperidine rings is 1. The molecule has 0 unspecified atom stereocenters. The maximum atomic E-state index is 12.9. The number of ether oxygens (including phenoxy) is 1. The van der Waals surface area contributed by atoms with Gasteiger partial charge >= 0.3 is 6.03 Å². The predicted octanol–water partition coefficient (Wildman–Crippen LogP) is 3.53. The Kier molecular flexibility index (Phi) is 6.01. The van der Waals surface area contributed by atoms with Gasteiger partial charge in [0.05, 0.1) is 24.4 Å². The summed E-state index contributed by atoms with van der Waals surface area (Å²) >= 11 is 1.58. The maximum Gasteiger partial charge on any atom is 0.322 e. The second kappa shape index (κ2) is 8.82. The number of aromatic nitrogens is 1. The van der Waals surface area contributed by atoms with Gasteiger partial charge in [-0.25, -0.2) is 9.78 Å². The molecule has 2 aliphatic heterocycles. The van der Waals surface area contributed by atoms with E-state index >= 15 is 0 Å². The van der Waals surface area contributed by atoms with Gasteiger partial charge in [-0.2, -0.15) is 0 Å². The quantitative estimate of drug-likeness (QED) is 0.873. The molecule has 1 N–H and O–H groups in total. The van der Waals surface area contributed by atoms with Crippen molar-refractivity contribution in [1.82, 2.24) is 14.8 Å². The van der Waals surface area contributed by atoms with Crippen LogP contribution in [0.3, 0.4) is 0 Å². The number of carbonyl (C=O) groups excluding carboxylic acids is 1. The predicted molar refractivity (Wildman–Crippen MR) is 108 cm³/mol. The lowest BCUT2D eigenvalue weighted by Crippen LogP contribution is -2.52. The number of hydrogen-bond acceptors (Lipinski definition) is 5. The van der Waals surface area contributed by atoms with Gasteiger partial charge in [0.25, 0.3) is 0 Å². The summed E-state index contributed by atoms with van der Waals surface area (Å²) in [6.45, 7) is 5.29. The third kappa shape index (κ3) is 4.66. The van der Waals surface area contributed by atoms with Gasteiger partial charge in [-0.05, 0) is 31.4 Å². The van der Waals surface area contributed by atoms with E-state index in [-0.39, 0.29) is 12.1 Å². The second-order valence-corrected chi connectivity index (χ2v) is 7.86. The van der Waals surface area contributed by atoms with Crippen LogP contribution in [0.2, 0.25) is 0 Å². The van der Waals surface area contributed by atoms with E-state index in [0.29, 0.717) is 0 Å². The van der Waals surface area contributed by atoms with Crippen LogP contribution in [0.25, 0.3) is 11.3 Å². The number of anilines is 1. The zero-order valence-corrected chi connectivity index (χ0v) is 16.3. The Morgan fingerprint density at radius 1 is 1.19 bits per heavy atom. The molecule has 1 aromatic carbocycles. The van der Waals surface area contributed by atoms with Gasteiger partial charge in [-0.1, -0.05) is 12.1 Å². The summed E-state index contributed by atoms with van der Waals surface area (Å²) in [5.74, 6) is 0. The Hall–Kier alpha value is -1.96. The summed E-state index contributed by atoms with van der Waals surface area (Å²) in [5, 5.41) is 5.10. The molecule has 0 radical (unpaired) electrons. The highest BCUT2D eigenvalue weighted by Crippen LogP contribution is 2.23. The van der Waals surface area contributed by atoms with Crippen LogP contribution in [0, 0.1) is 0 Å². The summed E-state index contributed by atoms with van der Waals surface area (Å²) < 4.78 is 5.44. The lowest BCUT2D eigenvalue weighted by Gasteiger charge is -2.39. The molecule has 1 aromatic heterocycles. The van der Waals surface area contributed by atoms with Crippen molar-refractivity contribution in [1.29, 1.82) is 0 Å². The molecule has 0 bridgehead atoms. The first-order valence-electron chi connectivity index (χ1n) is 9.66. The van der Waals surface area contributed by atoms with E-state index in [1.54, 1.807) is 11.3 Å². The van der Waals surface area contributed by atoms with Crippen molar-refractivity contribution in [3.8, 4) is 11.3 Å². The Balaban J connectivity index is 1.38. The van der Waals surface area contributed by atoms with Crippen molar-refractivity contribution >= 4 is 23.1 Å². The van der Waals surface area contributed by atoms with E-state index in [2.05, 4.69) is 15.2 Å². The minimum atomic E-state index is 0.00867. The molecule has 7 heteroatoms. The highest BCUT2D eigenvalue weighted by atomic mass is 32.1. The number of nitrogens with zero attached hydrogens (tertiary/aromatic N) is 3. The molecule has 27 heavy (non-hydrogen) atoms. The molecule has 4 rings (SSSR count). The molecule has 2 fully saturated rings. The number of benzene rings is 1. The Bertz CT molecular complexity index is 729. The van der Waals surface area contributed by atoms with Gasteiger partial charge in [0.2, 0.25) is 0 Å². The van der Waals surface area contributed by atoms with Gasteiger partial charge in [-0.3, -0.25) is 4.90 Å². The lowest BCUT2D eigenvalue weighted by atomic mass is 10.0. The fraction of sp³-hybridized carbons (Fsp3) is 0.500. The summed E-state index contributed by atoms with van der Waals surface area (Å²) in [4.78, 5) is 21.7. The van der Waals surface area contributed by atoms with Crippen molar-refractivity contribution in [3.63, 3.8) is 0 Å². The number of urea groups is 1. The maximum absolute atomic E-state index is 12.9. The number of carbonyl (C=O) groups is 1. The van der Waals surface area contributed by atoms with E-state index in [9.17, 15) is 4.79 Å². The fourth-order valence-corrected chi connectivity index (χ4v) is 4.38. The third-order valence-corrected chi connectivity index (χ3v) is 5.91. The molecule has 2 saturated heterocycles. The third-order valence-electron chi connectivity index (χ3n) is 5.32. The van der Waals surface area contributed by atoms with E-state index < -0.39 is 0 Å². The molecule has 0 aliphatic carbocycles. The number of likely N-dealkylation sites (tertiary alicyclic amines) is 1. The molecule has 6 nitrogen and oxygen atoms in total. The minimum absolute atomic E-state index is 0.00867. The number of rotatable bonds is 4. The second-order valence-electron chi connectivity index (χ2n) is 7.14. The van der Waals surface area contributed by atoms with Crippen LogP contribution in [0.1, 0.15) is 19.3 Å². The highest BCUT2D eigenvalue weighted by molar-refractivity contribution is 7.07. The van der Waals surface area contributed by atoms with Crippen LogP contribution < -0.4 is 5.32 Å². The van der Waals surface area contributed by atoms with Crippen molar-refractivity contribution < 1.29 is 9.53 Å². The largest absolute Gasteiger partial charge is 0.379 e. The number of morpholine rings is 1. The normalized spacial score (nSPS) is 21.2. The van der Waals surface area contributed by atoms with Crippen LogP contribution in [0.15, 0.2) is 35.2 Å². The van der Waals surface area contributed by atoms with Gasteiger partial charge in [0, 0.05) is 48.9 Å². The van der Waals surface area contributed by atoms with Crippen molar-refractivity contribution in [3.05, 3.63) is 35.2 Å². The molecular weight excluding hydrogens is 360 g/mol. The van der Waals surface area contributed by atoms with Crippen LogP contribution >= 0.6 is 11.3 Å². The fourth-order valence-electron chi connectivity index (χ4n) is 3.81. The van der Waals surface area contributed by atoms with E-state index in [0.717, 1.165) is 69.2 Å². The standard InChI is InChI=1S/C20H26N4O2S/c25-20(22-17-6-4-16(5-7-17)19-14-27-15-21-19)24-8-2-1-3-18(24)13-23-9-11-26-12-10-23/h4-7,14-15,18H,1-3,8-13H2,(H,22,25)/t18-/m1/s1. The number of amides is 2. The molecule has 0 saturated carbocycles. The van der Waals surface area contributed by atoms with Crippen molar-refractivity contribution in [2.45, 2.75) is 25.3 Å². The summed E-state index contributed by atoms with van der Waals surface area (Å²) in [5.41, 5.74) is 4.70. The summed E-state index contributed by atoms with van der Waals surface area (Å²) in [6, 6.07) is 8.21. The van der Waals surface area contributed by atoms with Gasteiger partial charge < -0.3 is 15.0 Å².